The van der Waals surface area contributed by atoms with Crippen LogP contribution in [0.15, 0.2) is 18.2 Å². The molecule has 0 unspecified atom stereocenters. The van der Waals surface area contributed by atoms with Crippen molar-refractivity contribution >= 4 is 5.97 Å². The lowest BCUT2D eigenvalue weighted by Crippen LogP contribution is -2.13. The number of benzene rings is 1. The average molecular weight is 252 g/mol. The van der Waals surface area contributed by atoms with E-state index in [-0.39, 0.29) is 5.56 Å². The van der Waals surface area contributed by atoms with Crippen LogP contribution >= 0.6 is 0 Å². The second kappa shape index (κ2) is 5.03. The van der Waals surface area contributed by atoms with Gasteiger partial charge in [0.25, 0.3) is 0 Å². The molecule has 1 aromatic rings. The Bertz CT molecular complexity index is 415. The Kier molecular flexibility index (Phi) is 3.93. The number of hydrogen-bond acceptors (Lipinski definition) is 2. The van der Waals surface area contributed by atoms with Crippen LogP contribution in [-0.4, -0.2) is 23.9 Å². The number of carboxylic acid groups (broad SMARTS) is 1. The Morgan fingerprint density at radius 3 is 2.47 bits per heavy atom. The van der Waals surface area contributed by atoms with E-state index in [1.807, 2.05) is 0 Å². The van der Waals surface area contributed by atoms with Gasteiger partial charge in [0, 0.05) is 0 Å². The number of rotatable bonds is 4. The molecule has 0 fully saturated rings. The first kappa shape index (κ1) is 13.3. The summed E-state index contributed by atoms with van der Waals surface area (Å²) in [7, 11) is 0. The summed E-state index contributed by atoms with van der Waals surface area (Å²) in [5, 5.41) is 8.53. The number of carboxylic acids is 1. The van der Waals surface area contributed by atoms with Crippen LogP contribution in [0.5, 0.6) is 5.75 Å². The molecule has 1 N–H and O–H groups in total. The highest BCUT2D eigenvalue weighted by molar-refractivity contribution is 5.87. The lowest BCUT2D eigenvalue weighted by Gasteiger charge is -2.09. The first-order valence-corrected chi connectivity index (χ1v) is 4.52. The highest BCUT2D eigenvalue weighted by atomic mass is 19.4. The van der Waals surface area contributed by atoms with Gasteiger partial charge in [-0.25, -0.2) is 9.18 Å². The zero-order chi connectivity index (χ0) is 13.1. The molecule has 0 atom stereocenters. The first-order chi connectivity index (χ1) is 7.79. The summed E-state index contributed by atoms with van der Waals surface area (Å²) >= 11 is 0. The van der Waals surface area contributed by atoms with Crippen molar-refractivity contribution in [3.63, 3.8) is 0 Å². The molecule has 3 nitrogen and oxygen atoms in total. The van der Waals surface area contributed by atoms with Crippen molar-refractivity contribution in [3.05, 3.63) is 29.6 Å². The van der Waals surface area contributed by atoms with Gasteiger partial charge in [-0.3, -0.25) is 0 Å². The standard InChI is InChI=1S/C10H8F4O3/c11-7-5-6(9(15)16)1-2-8(7)17-4-3-10(12,13)14/h1-2,5H,3-4H2,(H,15,16). The van der Waals surface area contributed by atoms with Gasteiger partial charge in [-0.1, -0.05) is 0 Å². The number of hydrogen-bond donors (Lipinski definition) is 1. The summed E-state index contributed by atoms with van der Waals surface area (Å²) in [6.07, 6.45) is -5.58. The second-order valence-electron chi connectivity index (χ2n) is 3.16. The Hall–Kier alpha value is -1.79. The Labute approximate surface area is 93.6 Å². The van der Waals surface area contributed by atoms with Crippen LogP contribution in [0, 0.1) is 5.82 Å². The molecule has 0 spiro atoms. The summed E-state index contributed by atoms with van der Waals surface area (Å²) < 4.78 is 53.1. The van der Waals surface area contributed by atoms with Crippen LogP contribution in [0.25, 0.3) is 0 Å². The number of aromatic carboxylic acids is 1. The molecule has 0 amide bonds. The molecule has 0 aliphatic carbocycles. The second-order valence-corrected chi connectivity index (χ2v) is 3.16. The maximum absolute atomic E-state index is 13.2. The molecule has 0 aliphatic rings. The summed E-state index contributed by atoms with van der Waals surface area (Å²) in [6.45, 7) is -0.715. The van der Waals surface area contributed by atoms with Gasteiger partial charge in [0.05, 0.1) is 18.6 Å². The van der Waals surface area contributed by atoms with Gasteiger partial charge in [0.1, 0.15) is 0 Å². The summed E-state index contributed by atoms with van der Waals surface area (Å²) in [4.78, 5) is 10.5. The molecule has 0 heterocycles. The molecule has 0 saturated carbocycles. The quantitative estimate of drug-likeness (QED) is 0.838. The van der Waals surface area contributed by atoms with Crippen LogP contribution in [0.4, 0.5) is 17.6 Å². The summed E-state index contributed by atoms with van der Waals surface area (Å²) in [5.74, 6) is -2.74. The lowest BCUT2D eigenvalue weighted by molar-refractivity contribution is -0.139. The normalized spacial score (nSPS) is 11.3. The van der Waals surface area contributed by atoms with E-state index in [0.717, 1.165) is 12.1 Å². The monoisotopic (exact) mass is 252 g/mol. The van der Waals surface area contributed by atoms with Gasteiger partial charge in [0.2, 0.25) is 0 Å². The van der Waals surface area contributed by atoms with Gasteiger partial charge >= 0.3 is 12.1 Å². The van der Waals surface area contributed by atoms with Crippen molar-refractivity contribution in [2.24, 2.45) is 0 Å². The molecule has 7 heteroatoms. The van der Waals surface area contributed by atoms with E-state index in [4.69, 9.17) is 5.11 Å². The first-order valence-electron chi connectivity index (χ1n) is 4.52. The zero-order valence-electron chi connectivity index (χ0n) is 8.42. The van der Waals surface area contributed by atoms with Gasteiger partial charge in [0.15, 0.2) is 11.6 Å². The van der Waals surface area contributed by atoms with Gasteiger partial charge < -0.3 is 9.84 Å². The highest BCUT2D eigenvalue weighted by Gasteiger charge is 2.27. The minimum Gasteiger partial charge on any atom is -0.490 e. The van der Waals surface area contributed by atoms with E-state index in [9.17, 15) is 22.4 Å². The maximum Gasteiger partial charge on any atom is 0.392 e. The predicted octanol–water partition coefficient (Wildman–Crippen LogP) is 2.86. The largest absolute Gasteiger partial charge is 0.490 e. The Morgan fingerprint density at radius 1 is 1.35 bits per heavy atom. The van der Waals surface area contributed by atoms with Gasteiger partial charge in [-0.05, 0) is 18.2 Å². The van der Waals surface area contributed by atoms with Crippen LogP contribution in [-0.2, 0) is 0 Å². The fourth-order valence-corrected chi connectivity index (χ4v) is 1.03. The molecule has 0 saturated heterocycles. The smallest absolute Gasteiger partial charge is 0.392 e. The van der Waals surface area contributed by atoms with E-state index in [1.165, 1.54) is 0 Å². The highest BCUT2D eigenvalue weighted by Crippen LogP contribution is 2.22. The minimum atomic E-state index is -4.38. The minimum absolute atomic E-state index is 0.300. The van der Waals surface area contributed by atoms with E-state index < -0.39 is 36.7 Å². The number of alkyl halides is 3. The molecule has 94 valence electrons. The molecule has 1 rings (SSSR count). The fourth-order valence-electron chi connectivity index (χ4n) is 1.03. The lowest BCUT2D eigenvalue weighted by atomic mass is 10.2. The van der Waals surface area contributed by atoms with E-state index in [1.54, 1.807) is 0 Å². The van der Waals surface area contributed by atoms with Crippen LogP contribution in [0.2, 0.25) is 0 Å². The van der Waals surface area contributed by atoms with E-state index in [0.29, 0.717) is 6.07 Å². The van der Waals surface area contributed by atoms with Crippen LogP contribution in [0.3, 0.4) is 0 Å². The molecule has 0 radical (unpaired) electrons. The third-order valence-electron chi connectivity index (χ3n) is 1.82. The van der Waals surface area contributed by atoms with Crippen molar-refractivity contribution in [3.8, 4) is 5.75 Å². The molecule has 1 aromatic carbocycles. The Morgan fingerprint density at radius 2 is 2.00 bits per heavy atom. The van der Waals surface area contributed by atoms with Gasteiger partial charge in [-0.2, -0.15) is 13.2 Å². The molecular formula is C10H8F4O3. The molecular weight excluding hydrogens is 244 g/mol. The van der Waals surface area contributed by atoms with Crippen molar-refractivity contribution in [2.45, 2.75) is 12.6 Å². The topological polar surface area (TPSA) is 46.5 Å². The predicted molar refractivity (Wildman–Crippen MR) is 49.5 cm³/mol. The Balaban J connectivity index is 2.64. The van der Waals surface area contributed by atoms with Crippen molar-refractivity contribution in [2.75, 3.05) is 6.61 Å². The van der Waals surface area contributed by atoms with Gasteiger partial charge in [-0.15, -0.1) is 0 Å². The molecule has 17 heavy (non-hydrogen) atoms. The van der Waals surface area contributed by atoms with Crippen molar-refractivity contribution in [1.82, 2.24) is 0 Å². The number of carbonyl (C=O) groups is 1. The molecule has 0 bridgehead atoms. The number of ether oxygens (including phenoxy) is 1. The third-order valence-corrected chi connectivity index (χ3v) is 1.82. The molecule has 0 aliphatic heterocycles. The zero-order valence-corrected chi connectivity index (χ0v) is 8.42. The summed E-state index contributed by atoms with van der Waals surface area (Å²) in [5.41, 5.74) is -0.300. The fraction of sp³-hybridized carbons (Fsp3) is 0.300. The third kappa shape index (κ3) is 4.29. The number of halogens is 4. The molecule has 0 aromatic heterocycles. The summed E-state index contributed by atoms with van der Waals surface area (Å²) in [6, 6.07) is 2.72. The average Bonchev–Trinajstić information content (AvgIpc) is 2.18. The van der Waals surface area contributed by atoms with Crippen molar-refractivity contribution in [1.29, 1.82) is 0 Å². The maximum atomic E-state index is 13.2. The van der Waals surface area contributed by atoms with Crippen LogP contribution < -0.4 is 4.74 Å². The SMILES string of the molecule is O=C(O)c1ccc(OCCC(F)(F)F)c(F)c1. The van der Waals surface area contributed by atoms with E-state index in [2.05, 4.69) is 4.74 Å². The van der Waals surface area contributed by atoms with Crippen LogP contribution in [0.1, 0.15) is 16.8 Å². The van der Waals surface area contributed by atoms with E-state index >= 15 is 0 Å². The van der Waals surface area contributed by atoms with Crippen molar-refractivity contribution < 1.29 is 32.2 Å².